The second kappa shape index (κ2) is 6.95. The van der Waals surface area contributed by atoms with E-state index in [1.54, 1.807) is 0 Å². The van der Waals surface area contributed by atoms with Gasteiger partial charge in [0.25, 0.3) is 0 Å². The van der Waals surface area contributed by atoms with Crippen molar-refractivity contribution in [2.24, 2.45) is 0 Å². The average molecular weight is 289 g/mol. The highest BCUT2D eigenvalue weighted by molar-refractivity contribution is 7.99. The van der Waals surface area contributed by atoms with Crippen LogP contribution in [0.15, 0.2) is 30.3 Å². The van der Waals surface area contributed by atoms with E-state index < -0.39 is 0 Å². The molecule has 1 unspecified atom stereocenters. The van der Waals surface area contributed by atoms with Crippen molar-refractivity contribution in [2.75, 3.05) is 12.8 Å². The number of nitrogens with zero attached hydrogens (tertiary/aromatic N) is 2. The van der Waals surface area contributed by atoms with Crippen LogP contribution in [0.5, 0.6) is 0 Å². The third-order valence-electron chi connectivity index (χ3n) is 3.58. The molecule has 0 spiro atoms. The van der Waals surface area contributed by atoms with Crippen LogP contribution in [0.1, 0.15) is 23.9 Å². The Kier molecular flexibility index (Phi) is 5.26. The van der Waals surface area contributed by atoms with Gasteiger partial charge in [-0.2, -0.15) is 16.9 Å². The second-order valence-corrected chi connectivity index (χ2v) is 6.35. The normalized spacial score (nSPS) is 12.6. The standard InChI is InChI=1S/C16H23N3S/c1-12(20-4)10-17-11-16-13(2)18-19(14(16)3)15-8-6-5-7-9-15/h5-9,12,17H,10-11H2,1-4H3. The molecular formula is C16H23N3S. The molecule has 0 aliphatic heterocycles. The molecule has 0 bridgehead atoms. The van der Waals surface area contributed by atoms with Gasteiger partial charge in [0.1, 0.15) is 0 Å². The number of hydrogen-bond acceptors (Lipinski definition) is 3. The van der Waals surface area contributed by atoms with Gasteiger partial charge in [-0.25, -0.2) is 4.68 Å². The van der Waals surface area contributed by atoms with Crippen molar-refractivity contribution in [3.63, 3.8) is 0 Å². The van der Waals surface area contributed by atoms with Gasteiger partial charge in [-0.05, 0) is 32.2 Å². The largest absolute Gasteiger partial charge is 0.311 e. The molecule has 0 aliphatic rings. The fraction of sp³-hybridized carbons (Fsp3) is 0.438. The molecule has 4 heteroatoms. The molecule has 0 saturated heterocycles. The minimum absolute atomic E-state index is 0.639. The first-order valence-electron chi connectivity index (χ1n) is 6.97. The summed E-state index contributed by atoms with van der Waals surface area (Å²) in [5.74, 6) is 0. The Morgan fingerprint density at radius 3 is 2.60 bits per heavy atom. The fourth-order valence-corrected chi connectivity index (χ4v) is 2.52. The van der Waals surface area contributed by atoms with Crippen LogP contribution in [-0.4, -0.2) is 27.8 Å². The van der Waals surface area contributed by atoms with E-state index in [4.69, 9.17) is 0 Å². The van der Waals surface area contributed by atoms with Crippen molar-refractivity contribution in [3.8, 4) is 5.69 Å². The van der Waals surface area contributed by atoms with Crippen LogP contribution in [-0.2, 0) is 6.54 Å². The summed E-state index contributed by atoms with van der Waals surface area (Å²) in [6, 6.07) is 10.3. The van der Waals surface area contributed by atoms with Gasteiger partial charge in [-0.3, -0.25) is 0 Å². The quantitative estimate of drug-likeness (QED) is 0.884. The van der Waals surface area contributed by atoms with Gasteiger partial charge < -0.3 is 5.32 Å². The predicted octanol–water partition coefficient (Wildman–Crippen LogP) is 3.33. The van der Waals surface area contributed by atoms with Gasteiger partial charge in [-0.1, -0.05) is 25.1 Å². The van der Waals surface area contributed by atoms with Gasteiger partial charge in [0.2, 0.25) is 0 Å². The number of aryl methyl sites for hydroxylation is 1. The Labute approximate surface area is 125 Å². The molecule has 20 heavy (non-hydrogen) atoms. The van der Waals surface area contributed by atoms with E-state index in [1.165, 1.54) is 11.3 Å². The Hall–Kier alpha value is -1.26. The van der Waals surface area contributed by atoms with E-state index in [2.05, 4.69) is 49.6 Å². The van der Waals surface area contributed by atoms with Gasteiger partial charge in [0.15, 0.2) is 0 Å². The highest BCUT2D eigenvalue weighted by atomic mass is 32.2. The van der Waals surface area contributed by atoms with Crippen molar-refractivity contribution in [2.45, 2.75) is 32.6 Å². The van der Waals surface area contributed by atoms with Crippen LogP contribution in [0, 0.1) is 13.8 Å². The van der Waals surface area contributed by atoms with Gasteiger partial charge >= 0.3 is 0 Å². The molecule has 1 aromatic carbocycles. The number of rotatable bonds is 6. The van der Waals surface area contributed by atoms with E-state index in [-0.39, 0.29) is 0 Å². The lowest BCUT2D eigenvalue weighted by Gasteiger charge is -2.10. The molecule has 1 atom stereocenters. The lowest BCUT2D eigenvalue weighted by Crippen LogP contribution is -2.22. The molecule has 2 aromatic rings. The van der Waals surface area contributed by atoms with Crippen molar-refractivity contribution in [1.29, 1.82) is 0 Å². The number of benzene rings is 1. The Morgan fingerprint density at radius 2 is 1.95 bits per heavy atom. The van der Waals surface area contributed by atoms with Crippen LogP contribution in [0.25, 0.3) is 5.69 Å². The first-order valence-corrected chi connectivity index (χ1v) is 8.26. The molecule has 108 valence electrons. The van der Waals surface area contributed by atoms with Gasteiger partial charge in [0.05, 0.1) is 11.4 Å². The Balaban J connectivity index is 2.13. The zero-order valence-electron chi connectivity index (χ0n) is 12.7. The zero-order valence-corrected chi connectivity index (χ0v) is 13.5. The summed E-state index contributed by atoms with van der Waals surface area (Å²) in [5.41, 5.74) is 4.76. The first kappa shape index (κ1) is 15.1. The van der Waals surface area contributed by atoms with Gasteiger partial charge in [0, 0.05) is 29.6 Å². The molecule has 1 N–H and O–H groups in total. The molecule has 0 saturated carbocycles. The van der Waals surface area contributed by atoms with Crippen molar-refractivity contribution in [1.82, 2.24) is 15.1 Å². The third kappa shape index (κ3) is 3.44. The fourth-order valence-electron chi connectivity index (χ4n) is 2.24. The monoisotopic (exact) mass is 289 g/mol. The first-order chi connectivity index (χ1) is 9.63. The minimum Gasteiger partial charge on any atom is -0.311 e. The lowest BCUT2D eigenvalue weighted by atomic mass is 10.2. The summed E-state index contributed by atoms with van der Waals surface area (Å²) >= 11 is 1.89. The van der Waals surface area contributed by atoms with E-state index in [0.29, 0.717) is 5.25 Å². The molecule has 0 fully saturated rings. The molecule has 0 aliphatic carbocycles. The van der Waals surface area contributed by atoms with Crippen LogP contribution in [0.4, 0.5) is 0 Å². The van der Waals surface area contributed by atoms with E-state index >= 15 is 0 Å². The SMILES string of the molecule is CSC(C)CNCc1c(C)nn(-c2ccccc2)c1C. The predicted molar refractivity (Wildman–Crippen MR) is 87.7 cm³/mol. The average Bonchev–Trinajstić information content (AvgIpc) is 2.75. The summed E-state index contributed by atoms with van der Waals surface area (Å²) in [6.45, 7) is 8.38. The molecule has 0 radical (unpaired) electrons. The number of thioether (sulfide) groups is 1. The third-order valence-corrected chi connectivity index (χ3v) is 4.55. The molecular weight excluding hydrogens is 266 g/mol. The number of nitrogens with one attached hydrogen (secondary N) is 1. The summed E-state index contributed by atoms with van der Waals surface area (Å²) in [7, 11) is 0. The zero-order chi connectivity index (χ0) is 14.5. The highest BCUT2D eigenvalue weighted by Gasteiger charge is 2.12. The van der Waals surface area contributed by atoms with Crippen LogP contribution < -0.4 is 5.32 Å². The molecule has 1 heterocycles. The van der Waals surface area contributed by atoms with Crippen LogP contribution in [0.2, 0.25) is 0 Å². The van der Waals surface area contributed by atoms with Crippen molar-refractivity contribution in [3.05, 3.63) is 47.3 Å². The smallest absolute Gasteiger partial charge is 0.0648 e. The molecule has 0 amide bonds. The highest BCUT2D eigenvalue weighted by Crippen LogP contribution is 2.17. The minimum atomic E-state index is 0.639. The maximum atomic E-state index is 4.67. The van der Waals surface area contributed by atoms with Crippen LogP contribution in [0.3, 0.4) is 0 Å². The maximum absolute atomic E-state index is 4.67. The number of para-hydroxylation sites is 1. The van der Waals surface area contributed by atoms with Crippen LogP contribution >= 0.6 is 11.8 Å². The molecule has 1 aromatic heterocycles. The molecule has 3 nitrogen and oxygen atoms in total. The van der Waals surface area contributed by atoms with Crippen molar-refractivity contribution >= 4 is 11.8 Å². The summed E-state index contributed by atoms with van der Waals surface area (Å²) < 4.78 is 2.03. The van der Waals surface area contributed by atoms with Gasteiger partial charge in [-0.15, -0.1) is 0 Å². The summed E-state index contributed by atoms with van der Waals surface area (Å²) in [5, 5.41) is 8.83. The maximum Gasteiger partial charge on any atom is 0.0648 e. The van der Waals surface area contributed by atoms with E-state index in [1.807, 2.05) is 34.6 Å². The summed E-state index contributed by atoms with van der Waals surface area (Å²) in [4.78, 5) is 0. The lowest BCUT2D eigenvalue weighted by molar-refractivity contribution is 0.679. The topological polar surface area (TPSA) is 29.9 Å². The summed E-state index contributed by atoms with van der Waals surface area (Å²) in [6.07, 6.45) is 2.15. The van der Waals surface area contributed by atoms with E-state index in [0.717, 1.165) is 24.5 Å². The van der Waals surface area contributed by atoms with Crippen molar-refractivity contribution < 1.29 is 0 Å². The number of aromatic nitrogens is 2. The number of hydrogen-bond donors (Lipinski definition) is 1. The Morgan fingerprint density at radius 1 is 1.25 bits per heavy atom. The second-order valence-electron chi connectivity index (χ2n) is 5.07. The van der Waals surface area contributed by atoms with E-state index in [9.17, 15) is 0 Å². The molecule has 2 rings (SSSR count). The Bertz CT molecular complexity index is 548.